The minimum absolute atomic E-state index is 0.321. The molecule has 296 valence electrons. The van der Waals surface area contributed by atoms with E-state index in [0.29, 0.717) is 17.8 Å². The van der Waals surface area contributed by atoms with Crippen molar-refractivity contribution in [2.24, 2.45) is 4.99 Å². The second-order valence-corrected chi connectivity index (χ2v) is 17.1. The molecule has 1 aromatic heterocycles. The zero-order chi connectivity index (χ0) is 37.9. The summed E-state index contributed by atoms with van der Waals surface area (Å²) in [4.78, 5) is 39.4. The molecular formula is C44H70N4O4S. The fourth-order valence-corrected chi connectivity index (χ4v) is 8.36. The van der Waals surface area contributed by atoms with Crippen molar-refractivity contribution in [3.8, 4) is 0 Å². The highest BCUT2D eigenvalue weighted by atomic mass is 32.1. The minimum Gasteiger partial charge on any atom is -0.423 e. The lowest BCUT2D eigenvalue weighted by molar-refractivity contribution is -0.193. The molecule has 0 spiro atoms. The van der Waals surface area contributed by atoms with Crippen LogP contribution in [0.4, 0.5) is 16.2 Å². The van der Waals surface area contributed by atoms with Crippen LogP contribution in [-0.2, 0) is 14.3 Å². The third kappa shape index (κ3) is 14.7. The molecule has 1 amide bonds. The Morgan fingerprint density at radius 1 is 0.736 bits per heavy atom. The number of ether oxygens (including phenoxy) is 2. The van der Waals surface area contributed by atoms with Gasteiger partial charge in [0, 0.05) is 51.3 Å². The van der Waals surface area contributed by atoms with Crippen LogP contribution in [0.25, 0.3) is 5.82 Å². The van der Waals surface area contributed by atoms with Crippen LogP contribution in [0, 0.1) is 6.92 Å². The number of esters is 1. The third-order valence-corrected chi connectivity index (χ3v) is 11.5. The number of thiophene rings is 1. The summed E-state index contributed by atoms with van der Waals surface area (Å²) in [6, 6.07) is 9.77. The van der Waals surface area contributed by atoms with Gasteiger partial charge in [-0.25, -0.2) is 14.7 Å². The summed E-state index contributed by atoms with van der Waals surface area (Å²) in [6.07, 6.45) is 26.1. The highest BCUT2D eigenvalue weighted by Gasteiger charge is 2.36. The SMILES string of the molecule is CCCCCCCCCCCCCCCCCCCCCCC(=O)OC(C)(C)OC(=O)N1C(N2CCN(C)CC2)=c2cc(C)sc2=Nc2ccccc21. The number of para-hydroxylation sites is 2. The Bertz CT molecular complexity index is 1510. The Labute approximate surface area is 325 Å². The van der Waals surface area contributed by atoms with Crippen molar-refractivity contribution < 1.29 is 19.1 Å². The van der Waals surface area contributed by atoms with Gasteiger partial charge in [0.25, 0.3) is 5.79 Å². The maximum absolute atomic E-state index is 14.2. The van der Waals surface area contributed by atoms with E-state index >= 15 is 0 Å². The molecule has 9 heteroatoms. The molecule has 1 saturated heterocycles. The van der Waals surface area contributed by atoms with Crippen LogP contribution in [0.1, 0.15) is 160 Å². The number of fused-ring (bicyclic) bond motifs is 2. The van der Waals surface area contributed by atoms with Crippen LogP contribution in [0.15, 0.2) is 35.3 Å². The molecule has 4 rings (SSSR count). The van der Waals surface area contributed by atoms with E-state index in [1.807, 2.05) is 24.3 Å². The monoisotopic (exact) mass is 751 g/mol. The first-order valence-corrected chi connectivity index (χ1v) is 22.0. The van der Waals surface area contributed by atoms with E-state index in [0.717, 1.165) is 66.0 Å². The van der Waals surface area contributed by atoms with Gasteiger partial charge in [-0.3, -0.25) is 4.79 Å². The van der Waals surface area contributed by atoms with Gasteiger partial charge in [-0.2, -0.15) is 0 Å². The van der Waals surface area contributed by atoms with Gasteiger partial charge in [-0.1, -0.05) is 141 Å². The fraction of sp³-hybridized carbons (Fsp3) is 0.705. The Balaban J connectivity index is 1.13. The Morgan fingerprint density at radius 2 is 1.25 bits per heavy atom. The molecule has 8 nitrogen and oxygen atoms in total. The lowest BCUT2D eigenvalue weighted by atomic mass is 10.0. The molecule has 0 radical (unpaired) electrons. The number of nitrogens with zero attached hydrogens (tertiary/aromatic N) is 4. The standard InChI is InChI=1S/C44H70N4O4S/c1-6-7-8-9-10-11-12-13-14-15-16-17-18-19-20-21-22-23-24-25-30-40(49)51-44(3,4)52-43(50)48-39-29-27-26-28-38(39)45-41-37(35-36(2)53-41)42(48)47-33-31-46(5)32-34-47/h26-29,35H,6-25,30-34H2,1-5H3. The quantitative estimate of drug-likeness (QED) is 0.0604. The van der Waals surface area contributed by atoms with Gasteiger partial charge in [0.2, 0.25) is 0 Å². The van der Waals surface area contributed by atoms with Crippen LogP contribution < -0.4 is 14.8 Å². The molecule has 1 aromatic carbocycles. The Kier molecular flexibility index (Phi) is 18.7. The lowest BCUT2D eigenvalue weighted by Crippen LogP contribution is -2.52. The van der Waals surface area contributed by atoms with Gasteiger partial charge in [0.15, 0.2) is 0 Å². The number of hydrogen-bond donors (Lipinski definition) is 0. The Morgan fingerprint density at radius 3 is 1.79 bits per heavy atom. The van der Waals surface area contributed by atoms with Crippen LogP contribution in [0.3, 0.4) is 0 Å². The van der Waals surface area contributed by atoms with Crippen LogP contribution in [0.2, 0.25) is 0 Å². The average molecular weight is 751 g/mol. The van der Waals surface area contributed by atoms with E-state index in [9.17, 15) is 9.59 Å². The van der Waals surface area contributed by atoms with E-state index in [1.165, 1.54) is 109 Å². The van der Waals surface area contributed by atoms with Crippen LogP contribution in [0.5, 0.6) is 0 Å². The molecule has 1 fully saturated rings. The normalized spacial score (nSPS) is 14.8. The highest BCUT2D eigenvalue weighted by molar-refractivity contribution is 7.09. The number of aryl methyl sites for hydroxylation is 1. The van der Waals surface area contributed by atoms with Gasteiger partial charge in [-0.15, -0.1) is 11.3 Å². The van der Waals surface area contributed by atoms with Crippen molar-refractivity contribution in [1.82, 2.24) is 9.80 Å². The second-order valence-electron chi connectivity index (χ2n) is 15.8. The van der Waals surface area contributed by atoms with Crippen molar-refractivity contribution in [2.45, 2.75) is 168 Å². The first-order valence-electron chi connectivity index (χ1n) is 21.2. The summed E-state index contributed by atoms with van der Waals surface area (Å²) >= 11 is 1.62. The van der Waals surface area contributed by atoms with E-state index in [2.05, 4.69) is 36.8 Å². The maximum Gasteiger partial charge on any atom is 0.423 e. The molecule has 0 unspecified atom stereocenters. The van der Waals surface area contributed by atoms with Crippen molar-refractivity contribution in [1.29, 1.82) is 0 Å². The van der Waals surface area contributed by atoms with E-state index in [4.69, 9.17) is 14.5 Å². The molecule has 2 aliphatic heterocycles. The van der Waals surface area contributed by atoms with Crippen LogP contribution >= 0.6 is 11.3 Å². The second kappa shape index (κ2) is 23.1. The first-order chi connectivity index (χ1) is 25.7. The summed E-state index contributed by atoms with van der Waals surface area (Å²) in [5, 5.41) is 0.916. The fourth-order valence-electron chi connectivity index (χ4n) is 7.48. The zero-order valence-electron chi connectivity index (χ0n) is 33.9. The number of hydrogen-bond acceptors (Lipinski definition) is 8. The van der Waals surface area contributed by atoms with Crippen molar-refractivity contribution in [3.05, 3.63) is 45.1 Å². The summed E-state index contributed by atoms with van der Waals surface area (Å²) < 4.78 is 12.7. The molecule has 2 aliphatic rings. The summed E-state index contributed by atoms with van der Waals surface area (Å²) in [5.41, 5.74) is 1.35. The number of amides is 1. The number of benzene rings is 1. The van der Waals surface area contributed by atoms with E-state index < -0.39 is 11.9 Å². The van der Waals surface area contributed by atoms with E-state index in [1.54, 1.807) is 30.1 Å². The molecule has 0 aliphatic carbocycles. The molecular weight excluding hydrogens is 681 g/mol. The highest BCUT2D eigenvalue weighted by Crippen LogP contribution is 2.35. The summed E-state index contributed by atoms with van der Waals surface area (Å²) in [6.45, 7) is 10.9. The molecule has 3 heterocycles. The smallest absolute Gasteiger partial charge is 0.423 e. The molecule has 0 N–H and O–H groups in total. The number of carbonyl (C=O) groups is 2. The van der Waals surface area contributed by atoms with Gasteiger partial charge in [0.1, 0.15) is 10.5 Å². The Hall–Kier alpha value is -2.91. The van der Waals surface area contributed by atoms with E-state index in [-0.39, 0.29) is 5.97 Å². The van der Waals surface area contributed by atoms with Gasteiger partial charge < -0.3 is 19.3 Å². The molecule has 0 bridgehead atoms. The van der Waals surface area contributed by atoms with Crippen molar-refractivity contribution >= 4 is 40.6 Å². The number of unbranched alkanes of at least 4 members (excludes halogenated alkanes) is 19. The van der Waals surface area contributed by atoms with Crippen molar-refractivity contribution in [2.75, 3.05) is 38.1 Å². The topological polar surface area (TPSA) is 74.7 Å². The van der Waals surface area contributed by atoms with Crippen LogP contribution in [-0.4, -0.2) is 60.9 Å². The number of anilines is 1. The van der Waals surface area contributed by atoms with Gasteiger partial charge in [0.05, 0.1) is 16.6 Å². The largest absolute Gasteiger partial charge is 0.423 e. The predicted octanol–water partition coefficient (Wildman–Crippen LogP) is 10.8. The molecule has 2 aromatic rings. The minimum atomic E-state index is -1.43. The van der Waals surface area contributed by atoms with Gasteiger partial charge in [-0.05, 0) is 38.6 Å². The molecule has 0 atom stereocenters. The first kappa shape index (κ1) is 42.8. The number of piperazine rings is 1. The van der Waals surface area contributed by atoms with Crippen molar-refractivity contribution in [3.63, 3.8) is 0 Å². The number of carbonyl (C=O) groups excluding carboxylic acids is 2. The average Bonchev–Trinajstić information content (AvgIpc) is 3.42. The maximum atomic E-state index is 14.2. The molecule has 53 heavy (non-hydrogen) atoms. The third-order valence-electron chi connectivity index (χ3n) is 10.5. The molecule has 0 saturated carbocycles. The summed E-state index contributed by atoms with van der Waals surface area (Å²) in [7, 11) is 2.12. The number of likely N-dealkylation sites (N-methyl/N-ethyl adjacent to an activating group) is 1. The lowest BCUT2D eigenvalue weighted by Gasteiger charge is -2.39. The number of rotatable bonds is 24. The zero-order valence-corrected chi connectivity index (χ0v) is 34.7. The predicted molar refractivity (Wildman–Crippen MR) is 220 cm³/mol. The van der Waals surface area contributed by atoms with Gasteiger partial charge >= 0.3 is 12.1 Å². The summed E-state index contributed by atoms with van der Waals surface area (Å²) in [5.74, 6) is -1.00.